The predicted molar refractivity (Wildman–Crippen MR) is 141 cm³/mol. The van der Waals surface area contributed by atoms with Gasteiger partial charge in [0.1, 0.15) is 0 Å². The van der Waals surface area contributed by atoms with E-state index in [9.17, 15) is 0 Å². The average Bonchev–Trinajstić information content (AvgIpc) is 2.86. The molecule has 0 bridgehead atoms. The van der Waals surface area contributed by atoms with Gasteiger partial charge in [-0.2, -0.15) is 0 Å². The van der Waals surface area contributed by atoms with Gasteiger partial charge in [-0.15, -0.1) is 0 Å². The van der Waals surface area contributed by atoms with Crippen LogP contribution in [0.2, 0.25) is 0 Å². The summed E-state index contributed by atoms with van der Waals surface area (Å²) >= 11 is 0. The summed E-state index contributed by atoms with van der Waals surface area (Å²) in [5, 5.41) is 7.88. The Morgan fingerprint density at radius 1 is 0.312 bits per heavy atom. The van der Waals surface area contributed by atoms with Crippen molar-refractivity contribution in [2.24, 2.45) is 0 Å². The van der Waals surface area contributed by atoms with Crippen molar-refractivity contribution < 1.29 is 0 Å². The van der Waals surface area contributed by atoms with Crippen LogP contribution in [-0.4, -0.2) is 0 Å². The van der Waals surface area contributed by atoms with Crippen LogP contribution in [0.25, 0.3) is 56.6 Å². The Kier molecular flexibility index (Phi) is 4.55. The standard InChI is InChI=1S/C32H22/c1-3-7-23(8-4-1)11-13-25-19-27-15-17-29-21-26(14-12-24-9-5-2-6-10-24)22-30-18-16-28(20-25)31(27)32(29)30/h1-22H. The largest absolute Gasteiger partial charge is 0.0622 e. The van der Waals surface area contributed by atoms with E-state index in [4.69, 9.17) is 0 Å². The second-order valence-electron chi connectivity index (χ2n) is 8.30. The van der Waals surface area contributed by atoms with Crippen LogP contribution in [0, 0.1) is 0 Å². The zero-order valence-electron chi connectivity index (χ0n) is 17.7. The molecule has 0 aliphatic rings. The van der Waals surface area contributed by atoms with Gasteiger partial charge in [-0.1, -0.05) is 109 Å². The first-order valence-corrected chi connectivity index (χ1v) is 11.0. The van der Waals surface area contributed by atoms with E-state index in [1.807, 2.05) is 12.1 Å². The molecule has 0 heteroatoms. The molecule has 150 valence electrons. The smallest absolute Gasteiger partial charge is 0.00264 e. The second-order valence-corrected chi connectivity index (χ2v) is 8.30. The summed E-state index contributed by atoms with van der Waals surface area (Å²) in [5.74, 6) is 0. The van der Waals surface area contributed by atoms with E-state index in [1.54, 1.807) is 0 Å². The van der Waals surface area contributed by atoms with Crippen molar-refractivity contribution in [1.29, 1.82) is 0 Å². The lowest BCUT2D eigenvalue weighted by molar-refractivity contribution is 1.66. The summed E-state index contributed by atoms with van der Waals surface area (Å²) < 4.78 is 0. The van der Waals surface area contributed by atoms with Gasteiger partial charge in [0.2, 0.25) is 0 Å². The maximum Gasteiger partial charge on any atom is -0.00264 e. The fraction of sp³-hybridized carbons (Fsp3) is 0. The summed E-state index contributed by atoms with van der Waals surface area (Å²) in [7, 11) is 0. The third-order valence-electron chi connectivity index (χ3n) is 6.11. The lowest BCUT2D eigenvalue weighted by atomic mass is 9.91. The molecular formula is C32H22. The highest BCUT2D eigenvalue weighted by atomic mass is 14.1. The zero-order valence-corrected chi connectivity index (χ0v) is 17.7. The van der Waals surface area contributed by atoms with E-state index in [2.05, 4.69) is 121 Å². The molecule has 32 heavy (non-hydrogen) atoms. The molecule has 6 aromatic carbocycles. The fourth-order valence-electron chi connectivity index (χ4n) is 4.59. The van der Waals surface area contributed by atoms with Crippen LogP contribution in [0.3, 0.4) is 0 Å². The molecule has 0 atom stereocenters. The molecule has 0 unspecified atom stereocenters. The lowest BCUT2D eigenvalue weighted by Crippen LogP contribution is -1.86. The van der Waals surface area contributed by atoms with Crippen molar-refractivity contribution in [3.05, 3.63) is 131 Å². The molecule has 0 fully saturated rings. The number of benzene rings is 6. The Hall–Kier alpha value is -4.16. The molecule has 0 amide bonds. The van der Waals surface area contributed by atoms with E-state index in [0.717, 1.165) is 0 Å². The molecule has 0 N–H and O–H groups in total. The van der Waals surface area contributed by atoms with Crippen LogP contribution in [0.4, 0.5) is 0 Å². The van der Waals surface area contributed by atoms with Gasteiger partial charge in [0.15, 0.2) is 0 Å². The monoisotopic (exact) mass is 406 g/mol. The van der Waals surface area contributed by atoms with Crippen molar-refractivity contribution in [2.75, 3.05) is 0 Å². The van der Waals surface area contributed by atoms with Crippen molar-refractivity contribution in [1.82, 2.24) is 0 Å². The molecular weight excluding hydrogens is 384 g/mol. The van der Waals surface area contributed by atoms with Crippen LogP contribution in [-0.2, 0) is 0 Å². The lowest BCUT2D eigenvalue weighted by Gasteiger charge is -2.12. The van der Waals surface area contributed by atoms with E-state index in [0.29, 0.717) is 0 Å². The topological polar surface area (TPSA) is 0 Å². The maximum atomic E-state index is 2.30. The Labute approximate surface area is 188 Å². The van der Waals surface area contributed by atoms with E-state index < -0.39 is 0 Å². The quantitative estimate of drug-likeness (QED) is 0.202. The number of hydrogen-bond donors (Lipinski definition) is 0. The highest BCUT2D eigenvalue weighted by molar-refractivity contribution is 6.23. The van der Waals surface area contributed by atoms with E-state index in [1.165, 1.54) is 54.6 Å². The van der Waals surface area contributed by atoms with Crippen LogP contribution in [0.15, 0.2) is 109 Å². The summed E-state index contributed by atoms with van der Waals surface area (Å²) in [6, 6.07) is 39.1. The minimum atomic E-state index is 1.22. The molecule has 6 rings (SSSR count). The van der Waals surface area contributed by atoms with Gasteiger partial charge in [0.05, 0.1) is 0 Å². The van der Waals surface area contributed by atoms with Gasteiger partial charge in [0.25, 0.3) is 0 Å². The molecule has 0 aromatic heterocycles. The van der Waals surface area contributed by atoms with Crippen LogP contribution in [0.1, 0.15) is 22.3 Å². The highest BCUT2D eigenvalue weighted by Crippen LogP contribution is 2.36. The molecule has 0 nitrogen and oxygen atoms in total. The van der Waals surface area contributed by atoms with Crippen LogP contribution >= 0.6 is 0 Å². The van der Waals surface area contributed by atoms with E-state index in [-0.39, 0.29) is 0 Å². The third kappa shape index (κ3) is 3.46. The maximum absolute atomic E-state index is 2.30. The van der Waals surface area contributed by atoms with Crippen LogP contribution < -0.4 is 0 Å². The number of hydrogen-bond acceptors (Lipinski definition) is 0. The number of rotatable bonds is 4. The van der Waals surface area contributed by atoms with Crippen molar-refractivity contribution in [3.8, 4) is 0 Å². The van der Waals surface area contributed by atoms with Crippen LogP contribution in [0.5, 0.6) is 0 Å². The van der Waals surface area contributed by atoms with E-state index >= 15 is 0 Å². The fourth-order valence-corrected chi connectivity index (χ4v) is 4.59. The van der Waals surface area contributed by atoms with Gasteiger partial charge in [-0.3, -0.25) is 0 Å². The summed E-state index contributed by atoms with van der Waals surface area (Å²) in [5.41, 5.74) is 4.89. The predicted octanol–water partition coefficient (Wildman–Crippen LogP) is 8.92. The Bertz CT molecular complexity index is 1400. The highest BCUT2D eigenvalue weighted by Gasteiger charge is 2.09. The van der Waals surface area contributed by atoms with Gasteiger partial charge >= 0.3 is 0 Å². The normalized spacial score (nSPS) is 12.1. The molecule has 6 aromatic rings. The molecule has 0 radical (unpaired) electrons. The Morgan fingerprint density at radius 2 is 0.625 bits per heavy atom. The molecule has 0 saturated heterocycles. The first kappa shape index (κ1) is 18.6. The average molecular weight is 407 g/mol. The molecule has 0 spiro atoms. The summed E-state index contributed by atoms with van der Waals surface area (Å²) in [6.07, 6.45) is 8.77. The Balaban J connectivity index is 1.44. The molecule has 0 aliphatic carbocycles. The minimum Gasteiger partial charge on any atom is -0.0622 e. The SMILES string of the molecule is C(=Cc1cc2ccc3cc(C=Cc4ccccc4)cc4ccc(c1)c2c34)c1ccccc1. The first-order valence-electron chi connectivity index (χ1n) is 11.0. The van der Waals surface area contributed by atoms with Gasteiger partial charge in [-0.05, 0) is 78.8 Å². The van der Waals surface area contributed by atoms with Gasteiger partial charge in [-0.25, -0.2) is 0 Å². The van der Waals surface area contributed by atoms with Crippen molar-refractivity contribution >= 4 is 56.6 Å². The molecule has 0 aliphatic heterocycles. The van der Waals surface area contributed by atoms with Gasteiger partial charge < -0.3 is 0 Å². The minimum absolute atomic E-state index is 1.22. The van der Waals surface area contributed by atoms with Crippen molar-refractivity contribution in [3.63, 3.8) is 0 Å². The zero-order chi connectivity index (χ0) is 21.3. The summed E-state index contributed by atoms with van der Waals surface area (Å²) in [6.45, 7) is 0. The van der Waals surface area contributed by atoms with Gasteiger partial charge in [0, 0.05) is 0 Å². The molecule has 0 heterocycles. The third-order valence-corrected chi connectivity index (χ3v) is 6.11. The first-order chi connectivity index (χ1) is 15.8. The summed E-state index contributed by atoms with van der Waals surface area (Å²) in [4.78, 5) is 0. The Morgan fingerprint density at radius 3 is 0.969 bits per heavy atom. The molecule has 0 saturated carbocycles. The van der Waals surface area contributed by atoms with Crippen molar-refractivity contribution in [2.45, 2.75) is 0 Å². The second kappa shape index (κ2) is 7.83.